The zero-order chi connectivity index (χ0) is 14.0. The summed E-state index contributed by atoms with van der Waals surface area (Å²) in [5.74, 6) is -1.08. The number of aryl methyl sites for hydroxylation is 2. The quantitative estimate of drug-likeness (QED) is 0.840. The molecule has 0 radical (unpaired) electrons. The fraction of sp³-hybridized carbons (Fsp3) is 0.250. The Kier molecular flexibility index (Phi) is 3.84. The maximum absolute atomic E-state index is 13.7. The molecule has 0 aliphatic carbocycles. The van der Waals surface area contributed by atoms with E-state index in [0.29, 0.717) is 5.56 Å². The van der Waals surface area contributed by atoms with Crippen molar-refractivity contribution in [3.05, 3.63) is 64.7 Å². The molecule has 0 aromatic heterocycles. The molecule has 2 aromatic rings. The lowest BCUT2D eigenvalue weighted by Crippen LogP contribution is -2.09. The summed E-state index contributed by atoms with van der Waals surface area (Å²) in [6.45, 7) is 5.89. The van der Waals surface area contributed by atoms with Crippen molar-refractivity contribution in [1.29, 1.82) is 0 Å². The summed E-state index contributed by atoms with van der Waals surface area (Å²) in [6, 6.07) is 9.49. The van der Waals surface area contributed by atoms with Gasteiger partial charge < -0.3 is 5.32 Å². The highest BCUT2D eigenvalue weighted by Gasteiger charge is 2.12. The molecule has 2 rings (SSSR count). The van der Waals surface area contributed by atoms with E-state index in [-0.39, 0.29) is 6.04 Å². The molecule has 0 fully saturated rings. The Morgan fingerprint density at radius 2 is 1.74 bits per heavy atom. The average Bonchev–Trinajstić information content (AvgIpc) is 2.32. The molecule has 0 spiro atoms. The molecule has 100 valence electrons. The SMILES string of the molecule is Cc1ccc(NC(C)c2ccc(F)cc2F)c(C)c1. The van der Waals surface area contributed by atoms with Crippen molar-refractivity contribution in [2.75, 3.05) is 5.32 Å². The molecule has 1 N–H and O–H groups in total. The fourth-order valence-electron chi connectivity index (χ4n) is 2.14. The van der Waals surface area contributed by atoms with E-state index >= 15 is 0 Å². The summed E-state index contributed by atoms with van der Waals surface area (Å²) >= 11 is 0. The van der Waals surface area contributed by atoms with E-state index in [1.54, 1.807) is 0 Å². The first-order chi connectivity index (χ1) is 8.97. The van der Waals surface area contributed by atoms with Gasteiger partial charge in [0.15, 0.2) is 0 Å². The second kappa shape index (κ2) is 5.39. The molecule has 0 heterocycles. The van der Waals surface area contributed by atoms with Gasteiger partial charge in [-0.1, -0.05) is 23.8 Å². The minimum atomic E-state index is -0.556. The van der Waals surface area contributed by atoms with Crippen molar-refractivity contribution < 1.29 is 8.78 Å². The van der Waals surface area contributed by atoms with E-state index < -0.39 is 11.6 Å². The first-order valence-corrected chi connectivity index (χ1v) is 6.26. The standard InChI is InChI=1S/C16H17F2N/c1-10-4-7-16(11(2)8-10)19-12(3)14-6-5-13(17)9-15(14)18/h4-9,12,19H,1-3H3. The molecule has 2 aromatic carbocycles. The van der Waals surface area contributed by atoms with Crippen LogP contribution < -0.4 is 5.32 Å². The largest absolute Gasteiger partial charge is 0.378 e. The number of nitrogens with one attached hydrogen (secondary N) is 1. The van der Waals surface area contributed by atoms with Gasteiger partial charge in [0.25, 0.3) is 0 Å². The lowest BCUT2D eigenvalue weighted by atomic mass is 10.1. The minimum absolute atomic E-state index is 0.220. The van der Waals surface area contributed by atoms with Gasteiger partial charge >= 0.3 is 0 Å². The zero-order valence-corrected chi connectivity index (χ0v) is 11.3. The van der Waals surface area contributed by atoms with Crippen LogP contribution in [0.25, 0.3) is 0 Å². The van der Waals surface area contributed by atoms with E-state index in [1.807, 2.05) is 32.9 Å². The highest BCUT2D eigenvalue weighted by molar-refractivity contribution is 5.53. The number of benzene rings is 2. The lowest BCUT2D eigenvalue weighted by molar-refractivity contribution is 0.566. The molecule has 0 bridgehead atoms. The molecule has 0 saturated carbocycles. The molecule has 0 aliphatic rings. The Morgan fingerprint density at radius 3 is 2.37 bits per heavy atom. The van der Waals surface area contributed by atoms with Crippen LogP contribution in [0.4, 0.5) is 14.5 Å². The van der Waals surface area contributed by atoms with Crippen molar-refractivity contribution in [2.24, 2.45) is 0 Å². The maximum Gasteiger partial charge on any atom is 0.131 e. The third kappa shape index (κ3) is 3.11. The topological polar surface area (TPSA) is 12.0 Å². The van der Waals surface area contributed by atoms with Crippen LogP contribution in [0.15, 0.2) is 36.4 Å². The Labute approximate surface area is 112 Å². The number of halogens is 2. The molecule has 0 amide bonds. The third-order valence-electron chi connectivity index (χ3n) is 3.18. The summed E-state index contributed by atoms with van der Waals surface area (Å²) in [5.41, 5.74) is 3.71. The van der Waals surface area contributed by atoms with Gasteiger partial charge in [0.05, 0.1) is 6.04 Å². The van der Waals surface area contributed by atoms with Gasteiger partial charge in [0.1, 0.15) is 11.6 Å². The van der Waals surface area contributed by atoms with Crippen molar-refractivity contribution in [3.8, 4) is 0 Å². The Hall–Kier alpha value is -1.90. The van der Waals surface area contributed by atoms with E-state index in [0.717, 1.165) is 17.3 Å². The summed E-state index contributed by atoms with van der Waals surface area (Å²) < 4.78 is 26.6. The summed E-state index contributed by atoms with van der Waals surface area (Å²) in [5, 5.41) is 3.25. The van der Waals surface area contributed by atoms with Crippen molar-refractivity contribution >= 4 is 5.69 Å². The third-order valence-corrected chi connectivity index (χ3v) is 3.18. The van der Waals surface area contributed by atoms with E-state index in [4.69, 9.17) is 0 Å². The van der Waals surface area contributed by atoms with E-state index in [9.17, 15) is 8.78 Å². The number of anilines is 1. The van der Waals surface area contributed by atoms with Gasteiger partial charge in [-0.3, -0.25) is 0 Å². The molecule has 1 unspecified atom stereocenters. The van der Waals surface area contributed by atoms with Crippen LogP contribution in [0.3, 0.4) is 0 Å². The van der Waals surface area contributed by atoms with Crippen molar-refractivity contribution in [1.82, 2.24) is 0 Å². The van der Waals surface area contributed by atoms with Crippen LogP contribution in [0.2, 0.25) is 0 Å². The second-order valence-electron chi connectivity index (χ2n) is 4.85. The Morgan fingerprint density at radius 1 is 1.00 bits per heavy atom. The van der Waals surface area contributed by atoms with Gasteiger partial charge in [-0.05, 0) is 38.5 Å². The molecule has 3 heteroatoms. The van der Waals surface area contributed by atoms with E-state index in [1.165, 1.54) is 17.7 Å². The Balaban J connectivity index is 2.23. The van der Waals surface area contributed by atoms with Crippen LogP contribution in [0.1, 0.15) is 29.7 Å². The smallest absolute Gasteiger partial charge is 0.131 e. The molecular formula is C16H17F2N. The molecular weight excluding hydrogens is 244 g/mol. The van der Waals surface area contributed by atoms with Crippen LogP contribution >= 0.6 is 0 Å². The predicted octanol–water partition coefficient (Wildman–Crippen LogP) is 4.75. The zero-order valence-electron chi connectivity index (χ0n) is 11.3. The summed E-state index contributed by atoms with van der Waals surface area (Å²) in [6.07, 6.45) is 0. The highest BCUT2D eigenvalue weighted by Crippen LogP contribution is 2.24. The highest BCUT2D eigenvalue weighted by atomic mass is 19.1. The van der Waals surface area contributed by atoms with Gasteiger partial charge in [-0.25, -0.2) is 8.78 Å². The van der Waals surface area contributed by atoms with Gasteiger partial charge in [0.2, 0.25) is 0 Å². The van der Waals surface area contributed by atoms with Gasteiger partial charge in [0, 0.05) is 17.3 Å². The lowest BCUT2D eigenvalue weighted by Gasteiger charge is -2.18. The van der Waals surface area contributed by atoms with Gasteiger partial charge in [-0.15, -0.1) is 0 Å². The summed E-state index contributed by atoms with van der Waals surface area (Å²) in [4.78, 5) is 0. The monoisotopic (exact) mass is 261 g/mol. The Bertz CT molecular complexity index is 593. The van der Waals surface area contributed by atoms with Crippen LogP contribution in [0.5, 0.6) is 0 Å². The fourth-order valence-corrected chi connectivity index (χ4v) is 2.14. The molecule has 1 nitrogen and oxygen atoms in total. The van der Waals surface area contributed by atoms with E-state index in [2.05, 4.69) is 11.4 Å². The average molecular weight is 261 g/mol. The van der Waals surface area contributed by atoms with Crippen LogP contribution in [0, 0.1) is 25.5 Å². The first kappa shape index (κ1) is 13.5. The molecule has 0 aliphatic heterocycles. The molecule has 19 heavy (non-hydrogen) atoms. The van der Waals surface area contributed by atoms with Crippen molar-refractivity contribution in [3.63, 3.8) is 0 Å². The number of hydrogen-bond acceptors (Lipinski definition) is 1. The molecule has 1 atom stereocenters. The predicted molar refractivity (Wildman–Crippen MR) is 74.3 cm³/mol. The van der Waals surface area contributed by atoms with Crippen LogP contribution in [-0.4, -0.2) is 0 Å². The number of hydrogen-bond donors (Lipinski definition) is 1. The second-order valence-corrected chi connectivity index (χ2v) is 4.85. The maximum atomic E-state index is 13.7. The minimum Gasteiger partial charge on any atom is -0.378 e. The molecule has 0 saturated heterocycles. The first-order valence-electron chi connectivity index (χ1n) is 6.26. The van der Waals surface area contributed by atoms with Crippen molar-refractivity contribution in [2.45, 2.75) is 26.8 Å². The van der Waals surface area contributed by atoms with Crippen LogP contribution in [-0.2, 0) is 0 Å². The number of rotatable bonds is 3. The normalized spacial score (nSPS) is 12.3. The van der Waals surface area contributed by atoms with Gasteiger partial charge in [-0.2, -0.15) is 0 Å². The summed E-state index contributed by atoms with van der Waals surface area (Å²) in [7, 11) is 0.